The molecule has 0 aromatic carbocycles. The summed E-state index contributed by atoms with van der Waals surface area (Å²) >= 11 is 0. The lowest BCUT2D eigenvalue weighted by Crippen LogP contribution is -2.52. The van der Waals surface area contributed by atoms with Gasteiger partial charge in [-0.25, -0.2) is 0 Å². The Hall–Kier alpha value is 0.360. The predicted molar refractivity (Wildman–Crippen MR) is 101 cm³/mol. The van der Waals surface area contributed by atoms with E-state index in [0.29, 0.717) is 19.3 Å². The normalized spacial score (nSPS) is 39.0. The molecule has 2 fully saturated rings. The van der Waals surface area contributed by atoms with Gasteiger partial charge in [0.2, 0.25) is 0 Å². The number of rotatable bonds is 5. The monoisotopic (exact) mass is 454 g/mol. The van der Waals surface area contributed by atoms with Crippen molar-refractivity contribution >= 4 is 18.9 Å². The Morgan fingerprint density at radius 2 is 1.18 bits per heavy atom. The van der Waals surface area contributed by atoms with Crippen LogP contribution in [0.3, 0.4) is 0 Å². The zero-order valence-electron chi connectivity index (χ0n) is 16.5. The first-order valence-electron chi connectivity index (χ1n) is 9.53. The first-order valence-corrected chi connectivity index (χ1v) is 10.5. The van der Waals surface area contributed by atoms with E-state index < -0.39 is 35.4 Å². The molecule has 28 heavy (non-hydrogen) atoms. The van der Waals surface area contributed by atoms with Crippen LogP contribution in [-0.2, 0) is 9.05 Å². The van der Waals surface area contributed by atoms with Gasteiger partial charge in [-0.15, -0.1) is 0 Å². The van der Waals surface area contributed by atoms with Crippen molar-refractivity contribution in [2.75, 3.05) is 0 Å². The minimum Gasteiger partial charge on any atom is -0.350 e. The number of hydrogen-bond donors (Lipinski definition) is 0. The van der Waals surface area contributed by atoms with Gasteiger partial charge in [-0.05, 0) is 62.7 Å². The molecule has 0 heterocycles. The van der Waals surface area contributed by atoms with Gasteiger partial charge < -0.3 is 9.05 Å². The average Bonchev–Trinajstić information content (AvgIpc) is 3.14. The quantitative estimate of drug-likeness (QED) is 0.346. The smallest absolute Gasteiger partial charge is 0.350 e. The van der Waals surface area contributed by atoms with Crippen molar-refractivity contribution in [3.8, 4) is 0 Å². The average molecular weight is 454 g/mol. The second-order valence-corrected chi connectivity index (χ2v) is 9.47. The van der Waals surface area contributed by atoms with Crippen molar-refractivity contribution in [1.82, 2.24) is 0 Å². The van der Waals surface area contributed by atoms with Gasteiger partial charge in [0.15, 0.2) is 11.2 Å². The summed E-state index contributed by atoms with van der Waals surface area (Å²) in [6.45, 7) is 5.72. The molecular weight excluding hydrogens is 424 g/mol. The first kappa shape index (κ1) is 24.6. The molecule has 2 nitrogen and oxygen atoms in total. The second-order valence-electron chi connectivity index (χ2n) is 9.00. The molecule has 10 unspecified atom stereocenters. The van der Waals surface area contributed by atoms with E-state index in [9.17, 15) is 26.3 Å². The van der Waals surface area contributed by atoms with E-state index >= 15 is 0 Å². The van der Waals surface area contributed by atoms with Gasteiger partial charge in [-0.3, -0.25) is 0 Å². The molecule has 0 aromatic rings. The summed E-state index contributed by atoms with van der Waals surface area (Å²) in [5, 5.41) is 0. The maximum atomic E-state index is 13.8. The van der Waals surface area contributed by atoms with Crippen LogP contribution in [0.25, 0.3) is 0 Å². The molecule has 2 aliphatic carbocycles. The maximum absolute atomic E-state index is 13.8. The van der Waals surface area contributed by atoms with Gasteiger partial charge >= 0.3 is 12.4 Å². The Bertz CT molecular complexity index is 557. The van der Waals surface area contributed by atoms with Gasteiger partial charge in [0.05, 0.1) is 0 Å². The van der Waals surface area contributed by atoms with Gasteiger partial charge in [0, 0.05) is 24.9 Å². The lowest BCUT2D eigenvalue weighted by atomic mass is 9.71. The third-order valence-corrected chi connectivity index (χ3v) is 8.53. The van der Waals surface area contributed by atoms with Crippen molar-refractivity contribution in [3.05, 3.63) is 0 Å². The molecule has 0 aliphatic heterocycles. The third kappa shape index (κ3) is 3.97. The number of alkyl halides is 6. The highest BCUT2D eigenvalue weighted by Gasteiger charge is 2.64. The molecule has 0 saturated heterocycles. The molecule has 10 atom stereocenters. The molecule has 0 N–H and O–H groups in total. The lowest BCUT2D eigenvalue weighted by Gasteiger charge is -2.42. The van der Waals surface area contributed by atoms with Crippen molar-refractivity contribution in [1.29, 1.82) is 0 Å². The van der Waals surface area contributed by atoms with E-state index in [2.05, 4.69) is 0 Å². The molecule has 166 valence electrons. The van der Waals surface area contributed by atoms with Crippen LogP contribution in [0, 0.1) is 35.5 Å². The molecule has 2 saturated carbocycles. The Morgan fingerprint density at radius 1 is 0.714 bits per heavy atom. The van der Waals surface area contributed by atoms with Crippen LogP contribution in [0.5, 0.6) is 0 Å². The summed E-state index contributed by atoms with van der Waals surface area (Å²) in [6, 6.07) is 0. The van der Waals surface area contributed by atoms with Crippen LogP contribution >= 0.6 is 18.9 Å². The molecule has 2 rings (SSSR count). The maximum Gasteiger partial charge on any atom is 0.417 e. The van der Waals surface area contributed by atoms with E-state index in [4.69, 9.17) is 9.05 Å². The molecule has 0 aromatic heterocycles. The highest BCUT2D eigenvalue weighted by molar-refractivity contribution is 7.10. The summed E-state index contributed by atoms with van der Waals surface area (Å²) in [4.78, 5) is 0. The lowest BCUT2D eigenvalue weighted by molar-refractivity contribution is -0.264. The molecule has 2 aliphatic rings. The van der Waals surface area contributed by atoms with Crippen molar-refractivity contribution in [3.63, 3.8) is 0 Å². The van der Waals surface area contributed by atoms with E-state index in [1.54, 1.807) is 25.9 Å². The SMILES string of the molecule is CC1CCC(C(C)(OP)C(F)(F)F)C1C1CC(C)C(C(C)(OP)C(F)(F)F)C1. The number of halogens is 6. The fourth-order valence-electron chi connectivity index (χ4n) is 5.77. The van der Waals surface area contributed by atoms with Crippen molar-refractivity contribution in [2.45, 2.75) is 76.9 Å². The fraction of sp³-hybridized carbons (Fsp3) is 1.00. The molecule has 0 amide bonds. The van der Waals surface area contributed by atoms with E-state index in [1.165, 1.54) is 0 Å². The van der Waals surface area contributed by atoms with Gasteiger partial charge in [0.1, 0.15) is 0 Å². The van der Waals surface area contributed by atoms with Crippen LogP contribution in [0.2, 0.25) is 0 Å². The highest BCUT2D eigenvalue weighted by Crippen LogP contribution is 2.59. The van der Waals surface area contributed by atoms with Crippen LogP contribution in [0.4, 0.5) is 26.3 Å². The summed E-state index contributed by atoms with van der Waals surface area (Å²) < 4.78 is 92.1. The molecule has 0 bridgehead atoms. The zero-order chi connectivity index (χ0) is 21.7. The van der Waals surface area contributed by atoms with E-state index in [1.807, 2.05) is 6.92 Å². The predicted octanol–water partition coefficient (Wildman–Crippen LogP) is 6.57. The van der Waals surface area contributed by atoms with Crippen LogP contribution in [-0.4, -0.2) is 23.6 Å². The van der Waals surface area contributed by atoms with Gasteiger partial charge in [-0.1, -0.05) is 20.3 Å². The standard InChI is InChI=1S/C18H30F6O2P2/c1-9-5-6-12(15(3,25-27)17(19,20)21)14(9)11-7-10(2)13(8-11)16(4,26-28)18(22,23)24/h9-14H,5-8,27-28H2,1-4H3. The summed E-state index contributed by atoms with van der Waals surface area (Å²) in [5.41, 5.74) is -4.67. The Morgan fingerprint density at radius 3 is 1.61 bits per heavy atom. The fourth-order valence-corrected chi connectivity index (χ4v) is 6.38. The minimum atomic E-state index is -4.56. The molecule has 10 heteroatoms. The summed E-state index contributed by atoms with van der Waals surface area (Å²) in [7, 11) is 3.46. The van der Waals surface area contributed by atoms with E-state index in [-0.39, 0.29) is 30.1 Å². The van der Waals surface area contributed by atoms with Crippen molar-refractivity contribution < 1.29 is 35.4 Å². The Labute approximate surface area is 167 Å². The first-order chi connectivity index (χ1) is 12.6. The Balaban J connectivity index is 2.34. The zero-order valence-corrected chi connectivity index (χ0v) is 18.8. The molecule has 0 radical (unpaired) electrons. The molecular formula is C18H30F6O2P2. The number of hydrogen-bond acceptors (Lipinski definition) is 2. The minimum absolute atomic E-state index is 0.00293. The highest BCUT2D eigenvalue weighted by atomic mass is 31.0. The van der Waals surface area contributed by atoms with Gasteiger partial charge in [0.25, 0.3) is 0 Å². The van der Waals surface area contributed by atoms with Crippen molar-refractivity contribution in [2.24, 2.45) is 35.5 Å². The van der Waals surface area contributed by atoms with Crippen LogP contribution in [0.1, 0.15) is 53.4 Å². The summed E-state index contributed by atoms with van der Waals surface area (Å²) in [5.74, 6) is -2.48. The van der Waals surface area contributed by atoms with Crippen LogP contribution < -0.4 is 0 Å². The largest absolute Gasteiger partial charge is 0.417 e. The van der Waals surface area contributed by atoms with E-state index in [0.717, 1.165) is 13.8 Å². The topological polar surface area (TPSA) is 18.5 Å². The second kappa shape index (κ2) is 8.13. The van der Waals surface area contributed by atoms with Crippen LogP contribution in [0.15, 0.2) is 0 Å². The van der Waals surface area contributed by atoms with Gasteiger partial charge in [-0.2, -0.15) is 26.3 Å². The molecule has 0 spiro atoms. The third-order valence-electron chi connectivity index (χ3n) is 7.55. The Kier molecular flexibility index (Phi) is 7.15. The summed E-state index contributed by atoms with van der Waals surface area (Å²) in [6.07, 6.45) is -7.51.